The summed E-state index contributed by atoms with van der Waals surface area (Å²) in [6.45, 7) is 0.780. The van der Waals surface area contributed by atoms with E-state index in [9.17, 15) is 0 Å². The van der Waals surface area contributed by atoms with E-state index in [2.05, 4.69) is 28.1 Å². The molecule has 0 heterocycles. The van der Waals surface area contributed by atoms with Gasteiger partial charge >= 0.3 is 0 Å². The quantitative estimate of drug-likeness (QED) is 0.840. The van der Waals surface area contributed by atoms with Crippen LogP contribution in [0.25, 0.3) is 0 Å². The molecular formula is C12H13BrN4. The third-order valence-electron chi connectivity index (χ3n) is 2.47. The molecule has 2 N–H and O–H groups in total. The smallest absolute Gasteiger partial charge is 0.0879 e. The van der Waals surface area contributed by atoms with Gasteiger partial charge in [-0.1, -0.05) is 28.1 Å². The zero-order chi connectivity index (χ0) is 12.7. The van der Waals surface area contributed by atoms with E-state index in [4.69, 9.17) is 16.3 Å². The van der Waals surface area contributed by atoms with Crippen LogP contribution in [-0.2, 0) is 0 Å². The molecule has 0 aliphatic rings. The van der Waals surface area contributed by atoms with Gasteiger partial charge < -0.3 is 5.73 Å². The summed E-state index contributed by atoms with van der Waals surface area (Å²) in [5, 5.41) is 17.5. The van der Waals surface area contributed by atoms with Gasteiger partial charge in [-0.3, -0.25) is 4.90 Å². The molecule has 0 aliphatic carbocycles. The highest BCUT2D eigenvalue weighted by atomic mass is 79.9. The molecule has 0 spiro atoms. The third-order valence-corrected chi connectivity index (χ3v) is 3.00. The van der Waals surface area contributed by atoms with Crippen LogP contribution in [-0.4, -0.2) is 24.5 Å². The molecular weight excluding hydrogens is 280 g/mol. The molecule has 17 heavy (non-hydrogen) atoms. The maximum absolute atomic E-state index is 8.75. The van der Waals surface area contributed by atoms with E-state index in [1.54, 1.807) is 4.90 Å². The van der Waals surface area contributed by atoms with Crippen LogP contribution in [0.3, 0.4) is 0 Å². The summed E-state index contributed by atoms with van der Waals surface area (Å²) in [4.78, 5) is 1.77. The number of halogens is 1. The highest BCUT2D eigenvalue weighted by Gasteiger charge is 2.18. The molecule has 0 bridgehead atoms. The molecule has 0 fully saturated rings. The Bertz CT molecular complexity index is 413. The lowest BCUT2D eigenvalue weighted by atomic mass is 10.1. The van der Waals surface area contributed by atoms with Crippen molar-refractivity contribution in [3.8, 4) is 12.1 Å². The second-order valence-corrected chi connectivity index (χ2v) is 4.44. The van der Waals surface area contributed by atoms with E-state index < -0.39 is 0 Å². The molecule has 1 unspecified atom stereocenters. The lowest BCUT2D eigenvalue weighted by molar-refractivity contribution is 0.254. The molecule has 5 heteroatoms. The van der Waals surface area contributed by atoms with Crippen molar-refractivity contribution in [3.63, 3.8) is 0 Å². The third kappa shape index (κ3) is 3.83. The van der Waals surface area contributed by atoms with Crippen LogP contribution in [0.5, 0.6) is 0 Å². The van der Waals surface area contributed by atoms with E-state index in [1.165, 1.54) is 0 Å². The van der Waals surface area contributed by atoms with Crippen molar-refractivity contribution in [1.82, 2.24) is 4.90 Å². The van der Waals surface area contributed by atoms with Crippen LogP contribution in [0.15, 0.2) is 28.7 Å². The first-order valence-corrected chi connectivity index (χ1v) is 5.95. The van der Waals surface area contributed by atoms with Crippen LogP contribution >= 0.6 is 15.9 Å². The fourth-order valence-corrected chi connectivity index (χ4v) is 1.90. The minimum Gasteiger partial charge on any atom is -0.329 e. The SMILES string of the molecule is N#CCN(CC#N)C(CN)c1ccc(Br)cc1. The number of hydrogen-bond donors (Lipinski definition) is 1. The van der Waals surface area contributed by atoms with Gasteiger partial charge in [0.15, 0.2) is 0 Å². The number of nitriles is 2. The monoisotopic (exact) mass is 292 g/mol. The van der Waals surface area contributed by atoms with Crippen LogP contribution in [0, 0.1) is 22.7 Å². The molecule has 1 rings (SSSR count). The molecule has 0 saturated carbocycles. The Morgan fingerprint density at radius 2 is 1.71 bits per heavy atom. The Balaban J connectivity index is 2.92. The molecule has 88 valence electrons. The van der Waals surface area contributed by atoms with Crippen molar-refractivity contribution in [3.05, 3.63) is 34.3 Å². The molecule has 0 amide bonds. The van der Waals surface area contributed by atoms with Crippen molar-refractivity contribution in [1.29, 1.82) is 10.5 Å². The molecule has 1 aromatic carbocycles. The number of rotatable bonds is 5. The molecule has 1 aromatic rings. The Morgan fingerprint density at radius 1 is 1.18 bits per heavy atom. The van der Waals surface area contributed by atoms with Crippen LogP contribution in [0.1, 0.15) is 11.6 Å². The summed E-state index contributed by atoms with van der Waals surface area (Å²) in [5.41, 5.74) is 6.75. The van der Waals surface area contributed by atoms with E-state index in [1.807, 2.05) is 24.3 Å². The maximum atomic E-state index is 8.75. The fraction of sp³-hybridized carbons (Fsp3) is 0.333. The molecule has 4 nitrogen and oxygen atoms in total. The standard InChI is InChI=1S/C12H13BrN4/c13-11-3-1-10(2-4-11)12(9-16)17(7-5-14)8-6-15/h1-4,12H,7-9,16H2. The number of nitrogens with two attached hydrogens (primary N) is 1. The van der Waals surface area contributed by atoms with Gasteiger partial charge in [0.25, 0.3) is 0 Å². The first-order valence-electron chi connectivity index (χ1n) is 5.16. The van der Waals surface area contributed by atoms with Crippen molar-refractivity contribution >= 4 is 15.9 Å². The molecule has 0 aliphatic heterocycles. The van der Waals surface area contributed by atoms with Crippen molar-refractivity contribution < 1.29 is 0 Å². The summed E-state index contributed by atoms with van der Waals surface area (Å²) in [6.07, 6.45) is 0. The van der Waals surface area contributed by atoms with Crippen LogP contribution < -0.4 is 5.73 Å². The molecule has 0 radical (unpaired) electrons. The first kappa shape index (κ1) is 13.7. The van der Waals surface area contributed by atoms with E-state index >= 15 is 0 Å². The van der Waals surface area contributed by atoms with Crippen molar-refractivity contribution in [2.45, 2.75) is 6.04 Å². The minimum absolute atomic E-state index is 0.0950. The second-order valence-electron chi connectivity index (χ2n) is 3.52. The zero-order valence-electron chi connectivity index (χ0n) is 9.31. The summed E-state index contributed by atoms with van der Waals surface area (Å²) in [6, 6.07) is 11.8. The van der Waals surface area contributed by atoms with Gasteiger partial charge in [0, 0.05) is 17.1 Å². The van der Waals surface area contributed by atoms with E-state index in [0.717, 1.165) is 10.0 Å². The fourth-order valence-electron chi connectivity index (χ4n) is 1.64. The Morgan fingerprint density at radius 3 is 2.12 bits per heavy atom. The highest BCUT2D eigenvalue weighted by molar-refractivity contribution is 9.10. The zero-order valence-corrected chi connectivity index (χ0v) is 10.9. The van der Waals surface area contributed by atoms with Gasteiger partial charge in [-0.15, -0.1) is 0 Å². The normalized spacial score (nSPS) is 11.8. The predicted molar refractivity (Wildman–Crippen MR) is 68.7 cm³/mol. The predicted octanol–water partition coefficient (Wildman–Crippen LogP) is 1.80. The highest BCUT2D eigenvalue weighted by Crippen LogP contribution is 2.21. The number of nitrogens with zero attached hydrogens (tertiary/aromatic N) is 3. The Labute approximate surface area is 109 Å². The summed E-state index contributed by atoms with van der Waals surface area (Å²) >= 11 is 3.37. The largest absolute Gasteiger partial charge is 0.329 e. The van der Waals surface area contributed by atoms with Gasteiger partial charge in [0.2, 0.25) is 0 Å². The maximum Gasteiger partial charge on any atom is 0.0879 e. The first-order chi connectivity index (χ1) is 8.22. The summed E-state index contributed by atoms with van der Waals surface area (Å²) < 4.78 is 0.990. The van der Waals surface area contributed by atoms with E-state index in [-0.39, 0.29) is 19.1 Å². The summed E-state index contributed by atoms with van der Waals surface area (Å²) in [5.74, 6) is 0. The average Bonchev–Trinajstić information content (AvgIpc) is 2.33. The molecule has 0 aromatic heterocycles. The van der Waals surface area contributed by atoms with Gasteiger partial charge in [0.1, 0.15) is 0 Å². The molecule has 0 saturated heterocycles. The minimum atomic E-state index is -0.0950. The average molecular weight is 293 g/mol. The van der Waals surface area contributed by atoms with Gasteiger partial charge in [-0.05, 0) is 17.7 Å². The topological polar surface area (TPSA) is 76.8 Å². The van der Waals surface area contributed by atoms with Crippen molar-refractivity contribution in [2.75, 3.05) is 19.6 Å². The van der Waals surface area contributed by atoms with Crippen molar-refractivity contribution in [2.24, 2.45) is 5.73 Å². The van der Waals surface area contributed by atoms with Gasteiger partial charge in [-0.2, -0.15) is 10.5 Å². The van der Waals surface area contributed by atoms with Crippen LogP contribution in [0.4, 0.5) is 0 Å². The lowest BCUT2D eigenvalue weighted by Crippen LogP contribution is -2.34. The summed E-state index contributed by atoms with van der Waals surface area (Å²) in [7, 11) is 0. The Kier molecular flexibility index (Phi) is 5.65. The van der Waals surface area contributed by atoms with Crippen LogP contribution in [0.2, 0.25) is 0 Å². The number of hydrogen-bond acceptors (Lipinski definition) is 4. The lowest BCUT2D eigenvalue weighted by Gasteiger charge is -2.26. The Hall–Kier alpha value is -1.40. The van der Waals surface area contributed by atoms with E-state index in [0.29, 0.717) is 6.54 Å². The second kappa shape index (κ2) is 7.03. The molecule has 1 atom stereocenters. The van der Waals surface area contributed by atoms with Gasteiger partial charge in [0.05, 0.1) is 25.2 Å². The van der Waals surface area contributed by atoms with Gasteiger partial charge in [-0.25, -0.2) is 0 Å². The number of benzene rings is 1.